The number of nitriles is 1. The van der Waals surface area contributed by atoms with Crippen molar-refractivity contribution in [3.05, 3.63) is 65.7 Å². The van der Waals surface area contributed by atoms with E-state index in [1.165, 1.54) is 5.56 Å². The van der Waals surface area contributed by atoms with Gasteiger partial charge in [0.25, 0.3) is 0 Å². The number of H-pyrrole nitrogens is 1. The average Bonchev–Trinajstić information content (AvgIpc) is 2.93. The van der Waals surface area contributed by atoms with E-state index in [9.17, 15) is 5.26 Å². The second-order valence-electron chi connectivity index (χ2n) is 5.79. The van der Waals surface area contributed by atoms with Crippen molar-refractivity contribution in [1.29, 1.82) is 5.26 Å². The number of aryl methyl sites for hydroxylation is 1. The summed E-state index contributed by atoms with van der Waals surface area (Å²) in [4.78, 5) is 3.42. The van der Waals surface area contributed by atoms with Crippen LogP contribution in [-0.4, -0.2) is 4.98 Å². The number of nitrogens with zero attached hydrogens (tertiary/aromatic N) is 1. The number of anilines is 1. The van der Waals surface area contributed by atoms with Gasteiger partial charge in [-0.05, 0) is 30.7 Å². The number of hydrogen-bond acceptors (Lipinski definition) is 2. The van der Waals surface area contributed by atoms with Gasteiger partial charge in [0.1, 0.15) is 6.07 Å². The molecule has 0 fully saturated rings. The van der Waals surface area contributed by atoms with Crippen LogP contribution in [-0.2, 0) is 0 Å². The molecule has 3 N–H and O–H groups in total. The highest BCUT2D eigenvalue weighted by Gasteiger charge is 2.16. The number of fused-ring (bicyclic) bond motifs is 3. The first-order valence-corrected chi connectivity index (χ1v) is 7.49. The maximum atomic E-state index is 9.64. The number of benzene rings is 3. The molecule has 0 bridgehead atoms. The number of aromatic nitrogens is 1. The quantitative estimate of drug-likeness (QED) is 0.498. The van der Waals surface area contributed by atoms with Gasteiger partial charge in [-0.1, -0.05) is 42.0 Å². The molecular weight excluding hydrogens is 282 g/mol. The third kappa shape index (κ3) is 1.96. The summed E-state index contributed by atoms with van der Waals surface area (Å²) < 4.78 is 0. The van der Waals surface area contributed by atoms with Crippen LogP contribution in [0.3, 0.4) is 0 Å². The van der Waals surface area contributed by atoms with Crippen molar-refractivity contribution in [2.24, 2.45) is 0 Å². The summed E-state index contributed by atoms with van der Waals surface area (Å²) >= 11 is 0. The third-order valence-corrected chi connectivity index (χ3v) is 4.28. The van der Waals surface area contributed by atoms with Crippen LogP contribution in [0.25, 0.3) is 32.9 Å². The van der Waals surface area contributed by atoms with E-state index in [1.54, 1.807) is 0 Å². The Bertz CT molecular complexity index is 1080. The molecule has 0 aliphatic carbocycles. The van der Waals surface area contributed by atoms with Crippen LogP contribution in [0.4, 0.5) is 5.69 Å². The molecule has 1 heterocycles. The fourth-order valence-electron chi connectivity index (χ4n) is 3.18. The smallest absolute Gasteiger partial charge is 0.102 e. The molecule has 3 aromatic carbocycles. The zero-order valence-corrected chi connectivity index (χ0v) is 12.7. The van der Waals surface area contributed by atoms with E-state index >= 15 is 0 Å². The van der Waals surface area contributed by atoms with Crippen LogP contribution >= 0.6 is 0 Å². The summed E-state index contributed by atoms with van der Waals surface area (Å²) in [6, 6.07) is 20.4. The Labute approximate surface area is 134 Å². The standard InChI is InChI=1S/C20H15N3/c1-12-7-8-17-15(9-12)19-18(23-17)10-14(16(11-21)20(19)22)13-5-3-2-4-6-13/h2-10,23H,22H2,1H3. The number of nitrogens with two attached hydrogens (primary N) is 1. The van der Waals surface area contributed by atoms with Gasteiger partial charge >= 0.3 is 0 Å². The molecule has 4 aromatic rings. The Kier molecular flexibility index (Phi) is 2.85. The second kappa shape index (κ2) is 4.89. The predicted octanol–water partition coefficient (Wildman–Crippen LogP) is 4.75. The van der Waals surface area contributed by atoms with Gasteiger partial charge in [0.2, 0.25) is 0 Å². The highest BCUT2D eigenvalue weighted by atomic mass is 14.7. The van der Waals surface area contributed by atoms with Crippen LogP contribution in [0.1, 0.15) is 11.1 Å². The first-order chi connectivity index (χ1) is 11.2. The van der Waals surface area contributed by atoms with Crippen LogP contribution in [0.5, 0.6) is 0 Å². The lowest BCUT2D eigenvalue weighted by molar-refractivity contribution is 1.47. The van der Waals surface area contributed by atoms with E-state index in [0.717, 1.165) is 32.9 Å². The lowest BCUT2D eigenvalue weighted by Crippen LogP contribution is -1.95. The van der Waals surface area contributed by atoms with Crippen molar-refractivity contribution >= 4 is 27.5 Å². The minimum Gasteiger partial charge on any atom is -0.397 e. The molecule has 0 radical (unpaired) electrons. The molecule has 110 valence electrons. The number of nitrogen functional groups attached to an aromatic ring is 1. The number of aromatic amines is 1. The highest BCUT2D eigenvalue weighted by molar-refractivity contribution is 6.15. The molecule has 0 amide bonds. The summed E-state index contributed by atoms with van der Waals surface area (Å²) in [5, 5.41) is 11.6. The summed E-state index contributed by atoms with van der Waals surface area (Å²) in [7, 11) is 0. The third-order valence-electron chi connectivity index (χ3n) is 4.28. The fourth-order valence-corrected chi connectivity index (χ4v) is 3.18. The van der Waals surface area contributed by atoms with E-state index in [4.69, 9.17) is 5.73 Å². The largest absolute Gasteiger partial charge is 0.397 e. The van der Waals surface area contributed by atoms with E-state index < -0.39 is 0 Å². The monoisotopic (exact) mass is 297 g/mol. The van der Waals surface area contributed by atoms with Crippen molar-refractivity contribution in [2.75, 3.05) is 5.73 Å². The van der Waals surface area contributed by atoms with Gasteiger partial charge in [0.15, 0.2) is 0 Å². The van der Waals surface area contributed by atoms with Gasteiger partial charge in [0.05, 0.1) is 11.3 Å². The summed E-state index contributed by atoms with van der Waals surface area (Å²) in [5.41, 5.74) is 12.5. The maximum Gasteiger partial charge on any atom is 0.102 e. The molecule has 0 saturated carbocycles. The summed E-state index contributed by atoms with van der Waals surface area (Å²) in [5.74, 6) is 0. The molecule has 0 aliphatic heterocycles. The van der Waals surface area contributed by atoms with Crippen molar-refractivity contribution in [3.8, 4) is 17.2 Å². The van der Waals surface area contributed by atoms with Gasteiger partial charge < -0.3 is 10.7 Å². The highest BCUT2D eigenvalue weighted by Crippen LogP contribution is 2.38. The Morgan fingerprint density at radius 3 is 2.52 bits per heavy atom. The van der Waals surface area contributed by atoms with Crippen LogP contribution < -0.4 is 5.73 Å². The van der Waals surface area contributed by atoms with Crippen LogP contribution in [0, 0.1) is 18.3 Å². The van der Waals surface area contributed by atoms with E-state index in [1.807, 2.05) is 36.4 Å². The molecule has 0 saturated heterocycles. The maximum absolute atomic E-state index is 9.64. The Hall–Kier alpha value is -3.25. The van der Waals surface area contributed by atoms with Gasteiger partial charge in [-0.25, -0.2) is 0 Å². The van der Waals surface area contributed by atoms with Gasteiger partial charge in [0, 0.05) is 27.4 Å². The zero-order valence-electron chi connectivity index (χ0n) is 12.7. The van der Waals surface area contributed by atoms with Crippen LogP contribution in [0.2, 0.25) is 0 Å². The van der Waals surface area contributed by atoms with Crippen LogP contribution in [0.15, 0.2) is 54.6 Å². The van der Waals surface area contributed by atoms with Gasteiger partial charge in [-0.3, -0.25) is 0 Å². The first kappa shape index (κ1) is 13.4. The number of nitrogens with one attached hydrogen (secondary N) is 1. The first-order valence-electron chi connectivity index (χ1n) is 7.49. The van der Waals surface area contributed by atoms with Gasteiger partial charge in [-0.15, -0.1) is 0 Å². The summed E-state index contributed by atoms with van der Waals surface area (Å²) in [6.45, 7) is 2.05. The van der Waals surface area contributed by atoms with E-state index in [0.29, 0.717) is 11.3 Å². The van der Waals surface area contributed by atoms with Crippen molar-refractivity contribution < 1.29 is 0 Å². The predicted molar refractivity (Wildman–Crippen MR) is 95.1 cm³/mol. The summed E-state index contributed by atoms with van der Waals surface area (Å²) in [6.07, 6.45) is 0. The molecule has 3 heteroatoms. The lowest BCUT2D eigenvalue weighted by atomic mass is 9.96. The van der Waals surface area contributed by atoms with E-state index in [2.05, 4.69) is 36.2 Å². The van der Waals surface area contributed by atoms with Gasteiger partial charge in [-0.2, -0.15) is 5.26 Å². The van der Waals surface area contributed by atoms with Crippen molar-refractivity contribution in [3.63, 3.8) is 0 Å². The molecule has 3 nitrogen and oxygen atoms in total. The molecule has 4 rings (SSSR count). The van der Waals surface area contributed by atoms with Crippen molar-refractivity contribution in [1.82, 2.24) is 4.98 Å². The SMILES string of the molecule is Cc1ccc2[nH]c3cc(-c4ccccc4)c(C#N)c(N)c3c2c1. The zero-order chi connectivity index (χ0) is 16.0. The molecule has 0 aliphatic rings. The minimum atomic E-state index is 0.533. The molecule has 23 heavy (non-hydrogen) atoms. The minimum absolute atomic E-state index is 0.533. The lowest BCUT2D eigenvalue weighted by Gasteiger charge is -2.09. The average molecular weight is 297 g/mol. The normalized spacial score (nSPS) is 11.0. The number of rotatable bonds is 1. The Morgan fingerprint density at radius 2 is 1.78 bits per heavy atom. The number of hydrogen-bond donors (Lipinski definition) is 2. The topological polar surface area (TPSA) is 65.6 Å². The molecule has 0 spiro atoms. The molecular formula is C20H15N3. The fraction of sp³-hybridized carbons (Fsp3) is 0.0500. The Morgan fingerprint density at radius 1 is 1.00 bits per heavy atom. The Balaban J connectivity index is 2.15. The molecule has 1 aromatic heterocycles. The van der Waals surface area contributed by atoms with Crippen molar-refractivity contribution in [2.45, 2.75) is 6.92 Å². The molecule has 0 unspecified atom stereocenters. The second-order valence-corrected chi connectivity index (χ2v) is 5.79. The van der Waals surface area contributed by atoms with E-state index in [-0.39, 0.29) is 0 Å². The molecule has 0 atom stereocenters.